The molecule has 0 spiro atoms. The summed E-state index contributed by atoms with van der Waals surface area (Å²) in [6, 6.07) is 11.8. The molecule has 0 saturated heterocycles. The van der Waals surface area contributed by atoms with Gasteiger partial charge in [-0.15, -0.1) is 0 Å². The van der Waals surface area contributed by atoms with Crippen molar-refractivity contribution < 1.29 is 9.18 Å². The summed E-state index contributed by atoms with van der Waals surface area (Å²) in [7, 11) is 0. The van der Waals surface area contributed by atoms with E-state index in [1.54, 1.807) is 43.3 Å². The van der Waals surface area contributed by atoms with Gasteiger partial charge in [0.15, 0.2) is 0 Å². The highest BCUT2D eigenvalue weighted by Crippen LogP contribution is 2.34. The third-order valence-electron chi connectivity index (χ3n) is 5.04. The van der Waals surface area contributed by atoms with Crippen LogP contribution >= 0.6 is 11.6 Å². The van der Waals surface area contributed by atoms with Gasteiger partial charge in [-0.05, 0) is 68.8 Å². The Morgan fingerprint density at radius 2 is 1.90 bits per heavy atom. The first-order chi connectivity index (χ1) is 14.6. The number of amides is 1. The van der Waals surface area contributed by atoms with Gasteiger partial charge in [-0.2, -0.15) is 0 Å². The van der Waals surface area contributed by atoms with Gasteiger partial charge < -0.3 is 16.0 Å². The molecule has 2 aromatic carbocycles. The van der Waals surface area contributed by atoms with Crippen LogP contribution in [0.15, 0.2) is 48.7 Å². The fourth-order valence-electron chi connectivity index (χ4n) is 3.40. The number of nitrogens with zero attached hydrogens (tertiary/aromatic N) is 3. The molecule has 0 fully saturated rings. The average molecular weight is 440 g/mol. The topological polar surface area (TPSA) is 76.2 Å². The first-order valence-electron chi connectivity index (χ1n) is 9.82. The van der Waals surface area contributed by atoms with E-state index in [0.717, 1.165) is 16.8 Å². The normalized spacial score (nSPS) is 13.3. The number of imidazole rings is 1. The summed E-state index contributed by atoms with van der Waals surface area (Å²) in [5.74, 6) is 0.841. The molecule has 0 unspecified atom stereocenters. The van der Waals surface area contributed by atoms with Crippen molar-refractivity contribution in [2.24, 2.45) is 5.73 Å². The lowest BCUT2D eigenvalue weighted by atomic mass is 10.1. The minimum absolute atomic E-state index is 0.204. The second-order valence-electron chi connectivity index (χ2n) is 8.14. The Kier molecular flexibility index (Phi) is 5.33. The van der Waals surface area contributed by atoms with E-state index in [-0.39, 0.29) is 18.3 Å². The van der Waals surface area contributed by atoms with Gasteiger partial charge in [-0.1, -0.05) is 11.6 Å². The quantitative estimate of drug-likeness (QED) is 0.606. The Morgan fingerprint density at radius 1 is 1.19 bits per heavy atom. The van der Waals surface area contributed by atoms with Crippen LogP contribution in [0, 0.1) is 12.7 Å². The third-order valence-corrected chi connectivity index (χ3v) is 5.47. The molecule has 2 heterocycles. The standard InChI is InChI=1S/C23H23ClFN5O/c1-14-12-17(8-9-18(14)24)27-21-20(15-4-6-16(25)7-5-15)28-19-13-29(10-11-30(19)21)22(31)23(2,3)26/h4-12,27H,13,26H2,1-3H3. The number of nitrogens with two attached hydrogens (primary N) is 1. The maximum atomic E-state index is 13.5. The number of hydrogen-bond donors (Lipinski definition) is 2. The van der Waals surface area contributed by atoms with E-state index in [1.807, 2.05) is 29.7 Å². The van der Waals surface area contributed by atoms with E-state index in [9.17, 15) is 9.18 Å². The minimum Gasteiger partial charge on any atom is -0.339 e. The van der Waals surface area contributed by atoms with Gasteiger partial charge >= 0.3 is 0 Å². The zero-order valence-electron chi connectivity index (χ0n) is 17.5. The van der Waals surface area contributed by atoms with E-state index in [2.05, 4.69) is 5.32 Å². The number of fused-ring (bicyclic) bond motifs is 1. The van der Waals surface area contributed by atoms with Gasteiger partial charge in [0.05, 0.1) is 12.1 Å². The molecule has 1 aliphatic rings. The number of aromatic nitrogens is 2. The molecule has 1 aliphatic heterocycles. The van der Waals surface area contributed by atoms with Crippen molar-refractivity contribution in [1.29, 1.82) is 0 Å². The largest absolute Gasteiger partial charge is 0.339 e. The summed E-state index contributed by atoms with van der Waals surface area (Å²) >= 11 is 6.16. The summed E-state index contributed by atoms with van der Waals surface area (Å²) in [4.78, 5) is 18.9. The van der Waals surface area contributed by atoms with Crippen molar-refractivity contribution >= 4 is 35.2 Å². The molecule has 1 aromatic heterocycles. The van der Waals surface area contributed by atoms with Gasteiger partial charge in [-0.25, -0.2) is 9.37 Å². The first-order valence-corrected chi connectivity index (χ1v) is 10.2. The number of carbonyl (C=O) groups is 1. The zero-order chi connectivity index (χ0) is 22.3. The van der Waals surface area contributed by atoms with Crippen molar-refractivity contribution in [3.05, 3.63) is 70.9 Å². The molecule has 0 aliphatic carbocycles. The molecule has 3 aromatic rings. The molecular formula is C23H23ClFN5O. The zero-order valence-corrected chi connectivity index (χ0v) is 18.2. The Bertz CT molecular complexity index is 1180. The van der Waals surface area contributed by atoms with Crippen LogP contribution in [0.2, 0.25) is 5.02 Å². The highest BCUT2D eigenvalue weighted by atomic mass is 35.5. The highest BCUT2D eigenvalue weighted by molar-refractivity contribution is 6.31. The smallest absolute Gasteiger partial charge is 0.246 e. The van der Waals surface area contributed by atoms with Crippen molar-refractivity contribution in [3.63, 3.8) is 0 Å². The van der Waals surface area contributed by atoms with Crippen LogP contribution in [0.4, 0.5) is 15.9 Å². The fraction of sp³-hybridized carbons (Fsp3) is 0.217. The Morgan fingerprint density at radius 3 is 2.55 bits per heavy atom. The maximum Gasteiger partial charge on any atom is 0.246 e. The predicted octanol–water partition coefficient (Wildman–Crippen LogP) is 4.90. The molecule has 1 amide bonds. The number of halogens is 2. The van der Waals surface area contributed by atoms with Crippen LogP contribution in [0.1, 0.15) is 25.2 Å². The van der Waals surface area contributed by atoms with Crippen LogP contribution < -0.4 is 11.1 Å². The Balaban J connectivity index is 1.78. The molecule has 3 N–H and O–H groups in total. The molecule has 4 rings (SSSR count). The van der Waals surface area contributed by atoms with Gasteiger partial charge in [0, 0.05) is 28.7 Å². The summed E-state index contributed by atoms with van der Waals surface area (Å²) in [5, 5.41) is 4.08. The maximum absolute atomic E-state index is 13.5. The van der Waals surface area contributed by atoms with E-state index in [4.69, 9.17) is 22.3 Å². The molecule has 8 heteroatoms. The Labute approximate surface area is 185 Å². The Hall–Kier alpha value is -3.16. The van der Waals surface area contributed by atoms with Gasteiger partial charge in [0.2, 0.25) is 5.91 Å². The second-order valence-corrected chi connectivity index (χ2v) is 8.55. The molecule has 31 heavy (non-hydrogen) atoms. The summed E-state index contributed by atoms with van der Waals surface area (Å²) in [5.41, 5.74) is 8.16. The van der Waals surface area contributed by atoms with E-state index in [0.29, 0.717) is 22.4 Å². The van der Waals surface area contributed by atoms with E-state index in [1.165, 1.54) is 12.1 Å². The van der Waals surface area contributed by atoms with Gasteiger partial charge in [-0.3, -0.25) is 9.36 Å². The van der Waals surface area contributed by atoms with E-state index >= 15 is 0 Å². The van der Waals surface area contributed by atoms with Crippen molar-refractivity contribution in [3.8, 4) is 11.3 Å². The lowest BCUT2D eigenvalue weighted by molar-refractivity contribution is -0.133. The van der Waals surface area contributed by atoms with Crippen LogP contribution in [-0.4, -0.2) is 25.9 Å². The molecule has 0 atom stereocenters. The SMILES string of the molecule is Cc1cc(Nc2c(-c3ccc(F)cc3)nc3n2C=CN(C(=O)C(C)(C)N)C3)ccc1Cl. The van der Waals surface area contributed by atoms with Crippen molar-refractivity contribution in [1.82, 2.24) is 14.5 Å². The molecule has 6 nitrogen and oxygen atoms in total. The van der Waals surface area contributed by atoms with Gasteiger partial charge in [0.25, 0.3) is 0 Å². The number of carbonyl (C=O) groups excluding carboxylic acids is 1. The lowest BCUT2D eigenvalue weighted by Crippen LogP contribution is -2.49. The van der Waals surface area contributed by atoms with Crippen molar-refractivity contribution in [2.45, 2.75) is 32.9 Å². The lowest BCUT2D eigenvalue weighted by Gasteiger charge is -2.28. The summed E-state index contributed by atoms with van der Waals surface area (Å²) < 4.78 is 15.4. The van der Waals surface area contributed by atoms with Crippen LogP contribution in [0.25, 0.3) is 17.5 Å². The number of rotatable bonds is 4. The van der Waals surface area contributed by atoms with Crippen molar-refractivity contribution in [2.75, 3.05) is 5.32 Å². The number of nitrogens with one attached hydrogen (secondary N) is 1. The molecule has 0 bridgehead atoms. The average Bonchev–Trinajstić information content (AvgIpc) is 3.07. The first kappa shape index (κ1) is 21.1. The van der Waals surface area contributed by atoms with Crippen LogP contribution in [0.5, 0.6) is 0 Å². The summed E-state index contributed by atoms with van der Waals surface area (Å²) in [6.45, 7) is 5.54. The highest BCUT2D eigenvalue weighted by Gasteiger charge is 2.30. The summed E-state index contributed by atoms with van der Waals surface area (Å²) in [6.07, 6.45) is 3.46. The molecule has 160 valence electrons. The van der Waals surface area contributed by atoms with E-state index < -0.39 is 5.54 Å². The number of aryl methyl sites for hydroxylation is 1. The monoisotopic (exact) mass is 439 g/mol. The molecule has 0 radical (unpaired) electrons. The number of benzene rings is 2. The predicted molar refractivity (Wildman–Crippen MR) is 121 cm³/mol. The number of hydrogen-bond acceptors (Lipinski definition) is 4. The molecular weight excluding hydrogens is 417 g/mol. The van der Waals surface area contributed by atoms with Crippen LogP contribution in [-0.2, 0) is 11.3 Å². The second kappa shape index (κ2) is 7.83. The third kappa shape index (κ3) is 4.19. The van der Waals surface area contributed by atoms with Gasteiger partial charge in [0.1, 0.15) is 23.2 Å². The van der Waals surface area contributed by atoms with Crippen LogP contribution in [0.3, 0.4) is 0 Å². The fourth-order valence-corrected chi connectivity index (χ4v) is 3.52. The minimum atomic E-state index is -0.999. The number of anilines is 2. The molecule has 0 saturated carbocycles.